The second-order valence-corrected chi connectivity index (χ2v) is 7.36. The largest absolute Gasteiger partial charge is 0.389 e. The van der Waals surface area contributed by atoms with Crippen molar-refractivity contribution in [2.24, 2.45) is 5.73 Å². The maximum absolute atomic E-state index is 12.3. The minimum absolute atomic E-state index is 0.0711. The molecule has 1 aliphatic rings. The Balaban J connectivity index is 1.79. The van der Waals surface area contributed by atoms with Crippen molar-refractivity contribution in [2.45, 2.75) is 19.3 Å². The van der Waals surface area contributed by atoms with Crippen LogP contribution in [0.5, 0.6) is 0 Å². The summed E-state index contributed by atoms with van der Waals surface area (Å²) < 4.78 is 0.769. The maximum atomic E-state index is 12.3. The number of halogens is 1. The number of rotatable bonds is 3. The maximum Gasteiger partial charge on any atom is 0.265 e. The zero-order valence-electron chi connectivity index (χ0n) is 11.1. The van der Waals surface area contributed by atoms with Gasteiger partial charge in [-0.15, -0.1) is 11.3 Å². The van der Waals surface area contributed by atoms with Crippen molar-refractivity contribution in [3.63, 3.8) is 0 Å². The van der Waals surface area contributed by atoms with Crippen molar-refractivity contribution in [2.75, 3.05) is 5.32 Å². The average molecular weight is 381 g/mol. The van der Waals surface area contributed by atoms with Gasteiger partial charge in [-0.05, 0) is 65.0 Å². The third-order valence-electron chi connectivity index (χ3n) is 3.47. The monoisotopic (exact) mass is 380 g/mol. The lowest BCUT2D eigenvalue weighted by molar-refractivity contribution is 0.103. The van der Waals surface area contributed by atoms with Gasteiger partial charge in [0.15, 0.2) is 0 Å². The van der Waals surface area contributed by atoms with E-state index >= 15 is 0 Å². The number of carbonyl (C=O) groups excluding carboxylic acids is 1. The summed E-state index contributed by atoms with van der Waals surface area (Å²) in [6.45, 7) is 0. The van der Waals surface area contributed by atoms with Crippen molar-refractivity contribution < 1.29 is 4.79 Å². The van der Waals surface area contributed by atoms with Crippen LogP contribution in [-0.2, 0) is 12.8 Å². The van der Waals surface area contributed by atoms with E-state index in [0.717, 1.165) is 27.8 Å². The molecule has 108 valence electrons. The predicted octanol–water partition coefficient (Wildman–Crippen LogP) is 3.89. The van der Waals surface area contributed by atoms with E-state index in [1.807, 2.05) is 12.1 Å². The molecule has 0 unspecified atom stereocenters. The fourth-order valence-corrected chi connectivity index (χ4v) is 4.15. The lowest BCUT2D eigenvalue weighted by Crippen LogP contribution is -2.12. The molecular formula is C15H13BrN2OS2. The van der Waals surface area contributed by atoms with Crippen LogP contribution < -0.4 is 11.1 Å². The van der Waals surface area contributed by atoms with Crippen LogP contribution in [0.3, 0.4) is 0 Å². The number of carbonyl (C=O) groups is 1. The molecule has 0 atom stereocenters. The summed E-state index contributed by atoms with van der Waals surface area (Å²) >= 11 is 9.97. The Morgan fingerprint density at radius 3 is 2.81 bits per heavy atom. The third kappa shape index (κ3) is 3.02. The second kappa shape index (κ2) is 5.87. The van der Waals surface area contributed by atoms with Gasteiger partial charge >= 0.3 is 0 Å². The number of anilines is 1. The number of nitrogens with one attached hydrogen (secondary N) is 1. The summed E-state index contributed by atoms with van der Waals surface area (Å²) in [5.74, 6) is -0.0711. The van der Waals surface area contributed by atoms with Crippen molar-refractivity contribution in [1.29, 1.82) is 0 Å². The smallest absolute Gasteiger partial charge is 0.265 e. The molecule has 3 N–H and O–H groups in total. The lowest BCUT2D eigenvalue weighted by Gasteiger charge is -2.08. The molecule has 0 radical (unpaired) electrons. The van der Waals surface area contributed by atoms with Crippen molar-refractivity contribution in [3.8, 4) is 0 Å². The Labute approximate surface area is 140 Å². The van der Waals surface area contributed by atoms with Crippen molar-refractivity contribution in [1.82, 2.24) is 0 Å². The molecule has 0 bridgehead atoms. The van der Waals surface area contributed by atoms with Gasteiger partial charge in [0, 0.05) is 14.9 Å². The van der Waals surface area contributed by atoms with Gasteiger partial charge in [-0.1, -0.05) is 12.2 Å². The van der Waals surface area contributed by atoms with Crippen LogP contribution in [0.15, 0.2) is 28.7 Å². The second-order valence-electron chi connectivity index (χ2n) is 4.93. The molecule has 0 spiro atoms. The highest BCUT2D eigenvalue weighted by Crippen LogP contribution is 2.31. The van der Waals surface area contributed by atoms with Crippen molar-refractivity contribution >= 4 is 56.1 Å². The Bertz CT molecular complexity index is 718. The number of nitrogens with two attached hydrogens (primary N) is 1. The van der Waals surface area contributed by atoms with E-state index in [1.54, 1.807) is 23.5 Å². The summed E-state index contributed by atoms with van der Waals surface area (Å²) in [5.41, 5.74) is 8.40. The molecule has 3 nitrogen and oxygen atoms in total. The summed E-state index contributed by atoms with van der Waals surface area (Å²) in [5, 5.41) is 2.92. The third-order valence-corrected chi connectivity index (χ3v) is 5.60. The molecule has 1 aromatic carbocycles. The molecule has 1 heterocycles. The molecule has 2 aromatic rings. The predicted molar refractivity (Wildman–Crippen MR) is 94.3 cm³/mol. The number of benzene rings is 1. The van der Waals surface area contributed by atoms with Crippen molar-refractivity contribution in [3.05, 3.63) is 49.6 Å². The Morgan fingerprint density at radius 1 is 1.33 bits per heavy atom. The molecule has 3 rings (SSSR count). The standard InChI is InChI=1S/C15H13BrN2OS2/c16-10-6-9(14(17)20)4-5-11(10)18-15(19)13-7-8-2-1-3-12(8)21-13/h4-7H,1-3H2,(H2,17,20)(H,18,19). The zero-order chi connectivity index (χ0) is 15.0. The van der Waals surface area contributed by atoms with Crippen LogP contribution in [0.4, 0.5) is 5.69 Å². The van der Waals surface area contributed by atoms with Gasteiger partial charge < -0.3 is 11.1 Å². The minimum Gasteiger partial charge on any atom is -0.389 e. The first-order chi connectivity index (χ1) is 10.0. The Morgan fingerprint density at radius 2 is 2.14 bits per heavy atom. The molecule has 1 aromatic heterocycles. The number of thiophene rings is 1. The lowest BCUT2D eigenvalue weighted by atomic mass is 10.2. The van der Waals surface area contributed by atoms with Crippen LogP contribution in [0.25, 0.3) is 0 Å². The van der Waals surface area contributed by atoms with Gasteiger partial charge in [-0.25, -0.2) is 0 Å². The number of hydrogen-bond donors (Lipinski definition) is 2. The zero-order valence-corrected chi connectivity index (χ0v) is 14.3. The van der Waals surface area contributed by atoms with E-state index in [1.165, 1.54) is 16.9 Å². The van der Waals surface area contributed by atoms with Crippen LogP contribution in [-0.4, -0.2) is 10.9 Å². The molecule has 0 aliphatic heterocycles. The molecule has 0 saturated carbocycles. The van der Waals surface area contributed by atoms with Crippen LogP contribution in [0.1, 0.15) is 32.1 Å². The van der Waals surface area contributed by atoms with E-state index in [9.17, 15) is 4.79 Å². The fourth-order valence-electron chi connectivity index (χ4n) is 2.39. The fraction of sp³-hybridized carbons (Fsp3) is 0.200. The van der Waals surface area contributed by atoms with Gasteiger partial charge in [0.25, 0.3) is 5.91 Å². The Hall–Kier alpha value is -1.24. The summed E-state index contributed by atoms with van der Waals surface area (Å²) in [6, 6.07) is 7.43. The van der Waals surface area contributed by atoms with E-state index in [4.69, 9.17) is 18.0 Å². The molecule has 6 heteroatoms. The number of thiocarbonyl (C=S) groups is 1. The first kappa shape index (κ1) is 14.7. The van der Waals surface area contributed by atoms with E-state index in [-0.39, 0.29) is 5.91 Å². The number of aryl methyl sites for hydroxylation is 2. The summed E-state index contributed by atoms with van der Waals surface area (Å²) in [4.78, 5) is 14.8. The van der Waals surface area contributed by atoms with E-state index in [0.29, 0.717) is 10.7 Å². The molecule has 1 aliphatic carbocycles. The average Bonchev–Trinajstić information content (AvgIpc) is 3.01. The molecule has 0 saturated heterocycles. The summed E-state index contributed by atoms with van der Waals surface area (Å²) in [6.07, 6.45) is 3.39. The number of amides is 1. The molecular weight excluding hydrogens is 368 g/mol. The topological polar surface area (TPSA) is 55.1 Å². The van der Waals surface area contributed by atoms with Gasteiger partial charge in [0.05, 0.1) is 10.6 Å². The minimum atomic E-state index is -0.0711. The summed E-state index contributed by atoms with van der Waals surface area (Å²) in [7, 11) is 0. The highest BCUT2D eigenvalue weighted by atomic mass is 79.9. The first-order valence-electron chi connectivity index (χ1n) is 6.57. The SMILES string of the molecule is NC(=S)c1ccc(NC(=O)c2cc3c(s2)CCC3)c(Br)c1. The normalized spacial score (nSPS) is 13.0. The highest BCUT2D eigenvalue weighted by molar-refractivity contribution is 9.10. The number of hydrogen-bond acceptors (Lipinski definition) is 3. The van der Waals surface area contributed by atoms with Gasteiger partial charge in [0.1, 0.15) is 4.99 Å². The van der Waals surface area contributed by atoms with Crippen LogP contribution in [0.2, 0.25) is 0 Å². The van der Waals surface area contributed by atoms with Gasteiger partial charge in [-0.2, -0.15) is 0 Å². The molecule has 0 fully saturated rings. The number of fused-ring (bicyclic) bond motifs is 1. The van der Waals surface area contributed by atoms with Crippen LogP contribution >= 0.6 is 39.5 Å². The van der Waals surface area contributed by atoms with Crippen LogP contribution in [0, 0.1) is 0 Å². The highest BCUT2D eigenvalue weighted by Gasteiger charge is 2.19. The first-order valence-corrected chi connectivity index (χ1v) is 8.58. The van der Waals surface area contributed by atoms with Gasteiger partial charge in [0.2, 0.25) is 0 Å². The molecule has 1 amide bonds. The quantitative estimate of drug-likeness (QED) is 0.794. The van der Waals surface area contributed by atoms with Gasteiger partial charge in [-0.3, -0.25) is 4.79 Å². The Kier molecular flexibility index (Phi) is 4.10. The van der Waals surface area contributed by atoms with E-state index in [2.05, 4.69) is 21.2 Å². The molecule has 21 heavy (non-hydrogen) atoms. The van der Waals surface area contributed by atoms with E-state index < -0.39 is 0 Å².